The van der Waals surface area contributed by atoms with E-state index in [1.165, 1.54) is 12.1 Å². The molecule has 0 spiro atoms. The van der Waals surface area contributed by atoms with Crippen LogP contribution in [0, 0.1) is 5.82 Å². The molecule has 1 saturated heterocycles. The molecule has 7 heteroatoms. The molecule has 6 nitrogen and oxygen atoms in total. The van der Waals surface area contributed by atoms with E-state index in [4.69, 9.17) is 9.15 Å². The minimum atomic E-state index is -0.274. The van der Waals surface area contributed by atoms with Gasteiger partial charge in [0.25, 0.3) is 5.91 Å². The molecule has 150 valence electrons. The quantitative estimate of drug-likeness (QED) is 0.657. The second-order valence-electron chi connectivity index (χ2n) is 7.16. The number of likely N-dealkylation sites (tertiary alicyclic amines) is 1. The van der Waals surface area contributed by atoms with Crippen LogP contribution in [-0.2, 0) is 6.42 Å². The van der Waals surface area contributed by atoms with Crippen LogP contribution in [0.25, 0.3) is 0 Å². The van der Waals surface area contributed by atoms with Crippen LogP contribution >= 0.6 is 0 Å². The number of hydrogen-bond acceptors (Lipinski definition) is 5. The van der Waals surface area contributed by atoms with E-state index in [0.717, 1.165) is 24.2 Å². The Bertz CT molecular complexity index is 970. The van der Waals surface area contributed by atoms with Gasteiger partial charge >= 0.3 is 0 Å². The van der Waals surface area contributed by atoms with Crippen LogP contribution in [0.5, 0.6) is 5.75 Å². The van der Waals surface area contributed by atoms with Gasteiger partial charge in [0.15, 0.2) is 0 Å². The first kappa shape index (κ1) is 19.1. The molecule has 0 radical (unpaired) electrons. The lowest BCUT2D eigenvalue weighted by Gasteiger charge is -2.31. The van der Waals surface area contributed by atoms with Gasteiger partial charge < -0.3 is 14.1 Å². The minimum absolute atomic E-state index is 0.0107. The summed E-state index contributed by atoms with van der Waals surface area (Å²) >= 11 is 0. The molecular formula is C22H22FN3O3. The number of nitrogens with zero attached hydrogens (tertiary/aromatic N) is 3. The maximum atomic E-state index is 13.0. The molecule has 2 heterocycles. The number of benzene rings is 2. The summed E-state index contributed by atoms with van der Waals surface area (Å²) in [6, 6.07) is 13.4. The second kappa shape index (κ2) is 8.43. The van der Waals surface area contributed by atoms with Crippen LogP contribution in [0.3, 0.4) is 0 Å². The van der Waals surface area contributed by atoms with Crippen molar-refractivity contribution in [3.05, 3.63) is 77.3 Å². The van der Waals surface area contributed by atoms with Gasteiger partial charge in [0.2, 0.25) is 11.8 Å². The first-order valence-corrected chi connectivity index (χ1v) is 9.62. The van der Waals surface area contributed by atoms with E-state index in [2.05, 4.69) is 10.2 Å². The number of carbonyl (C=O) groups is 1. The molecule has 1 atom stereocenters. The Labute approximate surface area is 168 Å². The van der Waals surface area contributed by atoms with Crippen LogP contribution < -0.4 is 4.74 Å². The molecule has 4 rings (SSSR count). The number of amides is 1. The zero-order valence-corrected chi connectivity index (χ0v) is 16.2. The third kappa shape index (κ3) is 4.45. The summed E-state index contributed by atoms with van der Waals surface area (Å²) in [5.41, 5.74) is 1.54. The fraction of sp³-hybridized carbons (Fsp3) is 0.318. The van der Waals surface area contributed by atoms with E-state index in [-0.39, 0.29) is 17.6 Å². The first-order chi connectivity index (χ1) is 14.1. The molecule has 0 saturated carbocycles. The Kier molecular flexibility index (Phi) is 5.55. The van der Waals surface area contributed by atoms with Gasteiger partial charge in [-0.2, -0.15) is 0 Å². The van der Waals surface area contributed by atoms with Gasteiger partial charge in [-0.05, 0) is 54.8 Å². The number of aromatic nitrogens is 2. The van der Waals surface area contributed by atoms with E-state index in [9.17, 15) is 9.18 Å². The van der Waals surface area contributed by atoms with Crippen LogP contribution in [0.15, 0.2) is 52.9 Å². The smallest absolute Gasteiger partial charge is 0.253 e. The van der Waals surface area contributed by atoms with Crippen LogP contribution in [-0.4, -0.2) is 41.2 Å². The SMILES string of the molecule is COc1ccc(C(=O)N2CCC[C@H](c3nnc(Cc4ccc(F)cc4)o3)C2)cc1. The van der Waals surface area contributed by atoms with Crippen molar-refractivity contribution in [2.24, 2.45) is 0 Å². The van der Waals surface area contributed by atoms with Crippen molar-refractivity contribution < 1.29 is 18.3 Å². The summed E-state index contributed by atoms with van der Waals surface area (Å²) in [7, 11) is 1.60. The fourth-order valence-electron chi connectivity index (χ4n) is 3.56. The predicted molar refractivity (Wildman–Crippen MR) is 104 cm³/mol. The molecule has 3 aromatic rings. The molecule has 2 aromatic carbocycles. The Hall–Kier alpha value is -3.22. The van der Waals surface area contributed by atoms with Gasteiger partial charge in [-0.1, -0.05) is 12.1 Å². The number of hydrogen-bond donors (Lipinski definition) is 0. The molecule has 1 amide bonds. The molecule has 1 aromatic heterocycles. The van der Waals surface area contributed by atoms with Crippen molar-refractivity contribution in [2.45, 2.75) is 25.2 Å². The molecule has 0 N–H and O–H groups in total. The van der Waals surface area contributed by atoms with E-state index in [1.54, 1.807) is 43.5 Å². The van der Waals surface area contributed by atoms with E-state index < -0.39 is 0 Å². The van der Waals surface area contributed by atoms with Crippen LogP contribution in [0.1, 0.15) is 46.5 Å². The maximum Gasteiger partial charge on any atom is 0.253 e. The topological polar surface area (TPSA) is 68.5 Å². The molecule has 29 heavy (non-hydrogen) atoms. The van der Waals surface area contributed by atoms with Gasteiger partial charge in [-0.15, -0.1) is 10.2 Å². The van der Waals surface area contributed by atoms with E-state index >= 15 is 0 Å². The van der Waals surface area contributed by atoms with Crippen molar-refractivity contribution in [2.75, 3.05) is 20.2 Å². The molecule has 1 aliphatic heterocycles. The number of carbonyl (C=O) groups excluding carboxylic acids is 1. The lowest BCUT2D eigenvalue weighted by Crippen LogP contribution is -2.39. The Morgan fingerprint density at radius 2 is 1.93 bits per heavy atom. The summed E-state index contributed by atoms with van der Waals surface area (Å²) < 4.78 is 24.0. The highest BCUT2D eigenvalue weighted by Gasteiger charge is 2.29. The van der Waals surface area contributed by atoms with Gasteiger partial charge in [0.1, 0.15) is 11.6 Å². The number of methoxy groups -OCH3 is 1. The molecular weight excluding hydrogens is 373 g/mol. The number of halogens is 1. The molecule has 1 fully saturated rings. The fourth-order valence-corrected chi connectivity index (χ4v) is 3.56. The van der Waals surface area contributed by atoms with Gasteiger partial charge in [0, 0.05) is 18.7 Å². The monoisotopic (exact) mass is 395 g/mol. The summed E-state index contributed by atoms with van der Waals surface area (Å²) in [6.45, 7) is 1.25. The van der Waals surface area contributed by atoms with Crippen LogP contribution in [0.2, 0.25) is 0 Å². The standard InChI is InChI=1S/C22H22FN3O3/c1-28-19-10-6-16(7-11-19)22(27)26-12-2-3-17(14-26)21-25-24-20(29-21)13-15-4-8-18(23)9-5-15/h4-11,17H,2-3,12-14H2,1H3/t17-/m0/s1. The average molecular weight is 395 g/mol. The third-order valence-corrected chi connectivity index (χ3v) is 5.15. The maximum absolute atomic E-state index is 13.0. The zero-order chi connectivity index (χ0) is 20.2. The summed E-state index contributed by atoms with van der Waals surface area (Å²) in [4.78, 5) is 14.7. The first-order valence-electron chi connectivity index (χ1n) is 9.62. The van der Waals surface area contributed by atoms with Crippen molar-refractivity contribution in [3.63, 3.8) is 0 Å². The van der Waals surface area contributed by atoms with Gasteiger partial charge in [0.05, 0.1) is 19.4 Å². The van der Waals surface area contributed by atoms with E-state index in [0.29, 0.717) is 36.9 Å². The van der Waals surface area contributed by atoms with Crippen molar-refractivity contribution in [3.8, 4) is 5.75 Å². The molecule has 0 unspecified atom stereocenters. The Morgan fingerprint density at radius 3 is 2.66 bits per heavy atom. The predicted octanol–water partition coefficient (Wildman–Crippen LogP) is 3.83. The van der Waals surface area contributed by atoms with Crippen molar-refractivity contribution >= 4 is 5.91 Å². The second-order valence-corrected chi connectivity index (χ2v) is 7.16. The summed E-state index contributed by atoms with van der Waals surface area (Å²) in [5.74, 6) is 1.49. The largest absolute Gasteiger partial charge is 0.497 e. The van der Waals surface area contributed by atoms with Crippen molar-refractivity contribution in [1.82, 2.24) is 15.1 Å². The highest BCUT2D eigenvalue weighted by molar-refractivity contribution is 5.94. The Morgan fingerprint density at radius 1 is 1.17 bits per heavy atom. The minimum Gasteiger partial charge on any atom is -0.497 e. The molecule has 0 aliphatic carbocycles. The zero-order valence-electron chi connectivity index (χ0n) is 16.2. The van der Waals surface area contributed by atoms with E-state index in [1.807, 2.05) is 4.90 Å². The third-order valence-electron chi connectivity index (χ3n) is 5.15. The normalized spacial score (nSPS) is 16.6. The lowest BCUT2D eigenvalue weighted by molar-refractivity contribution is 0.0698. The van der Waals surface area contributed by atoms with Crippen molar-refractivity contribution in [1.29, 1.82) is 0 Å². The summed E-state index contributed by atoms with van der Waals surface area (Å²) in [6.07, 6.45) is 2.22. The molecule has 0 bridgehead atoms. The Balaban J connectivity index is 1.42. The average Bonchev–Trinajstić information content (AvgIpc) is 3.23. The van der Waals surface area contributed by atoms with Gasteiger partial charge in [-0.25, -0.2) is 4.39 Å². The number of ether oxygens (including phenoxy) is 1. The molecule has 1 aliphatic rings. The van der Waals surface area contributed by atoms with Gasteiger partial charge in [-0.3, -0.25) is 4.79 Å². The lowest BCUT2D eigenvalue weighted by atomic mass is 9.97. The van der Waals surface area contributed by atoms with Crippen LogP contribution in [0.4, 0.5) is 4.39 Å². The highest BCUT2D eigenvalue weighted by Crippen LogP contribution is 2.27. The summed E-state index contributed by atoms with van der Waals surface area (Å²) in [5, 5.41) is 8.33. The number of piperidine rings is 1. The number of rotatable bonds is 5. The highest BCUT2D eigenvalue weighted by atomic mass is 19.1.